The Morgan fingerprint density at radius 2 is 1.81 bits per heavy atom. The number of ether oxygens (including phenoxy) is 1. The second-order valence-electron chi connectivity index (χ2n) is 9.07. The summed E-state index contributed by atoms with van der Waals surface area (Å²) in [5.74, 6) is 1.26. The Morgan fingerprint density at radius 3 is 2.59 bits per heavy atom. The van der Waals surface area contributed by atoms with Crippen LogP contribution in [0.5, 0.6) is 0 Å². The second kappa shape index (κ2) is 11.6. The Hall–Kier alpha value is -2.21. The second-order valence-corrected chi connectivity index (χ2v) is 9.07. The number of aliphatic hydroxyl groups is 1. The number of unbranched alkanes of at least 4 members (excludes halogenated alkanes) is 1. The summed E-state index contributed by atoms with van der Waals surface area (Å²) in [6.45, 7) is 6.86. The van der Waals surface area contributed by atoms with E-state index in [1.807, 2.05) is 30.3 Å². The van der Waals surface area contributed by atoms with E-state index in [4.69, 9.17) is 9.73 Å². The molecule has 32 heavy (non-hydrogen) atoms. The van der Waals surface area contributed by atoms with Crippen molar-refractivity contribution in [3.05, 3.63) is 65.7 Å². The van der Waals surface area contributed by atoms with Crippen LogP contribution in [0.3, 0.4) is 0 Å². The van der Waals surface area contributed by atoms with Crippen LogP contribution in [0.1, 0.15) is 50.2 Å². The Morgan fingerprint density at radius 1 is 1.06 bits per heavy atom. The van der Waals surface area contributed by atoms with Crippen LogP contribution < -0.4 is 0 Å². The number of aliphatic hydroxyl groups excluding tert-OH is 1. The number of piperidine rings is 1. The molecule has 1 unspecified atom stereocenters. The molecule has 0 bridgehead atoms. The number of likely N-dealkylation sites (tertiary alicyclic amines) is 1. The summed E-state index contributed by atoms with van der Waals surface area (Å²) in [5, 5.41) is 10.4. The molecule has 5 heteroatoms. The predicted octanol–water partition coefficient (Wildman–Crippen LogP) is 4.76. The zero-order valence-corrected chi connectivity index (χ0v) is 19.3. The van der Waals surface area contributed by atoms with Crippen LogP contribution in [0.2, 0.25) is 0 Å². The molecule has 0 amide bonds. The molecule has 0 aliphatic carbocycles. The molecule has 0 radical (unpaired) electrons. The van der Waals surface area contributed by atoms with Gasteiger partial charge < -0.3 is 19.6 Å². The van der Waals surface area contributed by atoms with Gasteiger partial charge in [0.2, 0.25) is 0 Å². The highest BCUT2D eigenvalue weighted by Gasteiger charge is 2.29. The van der Waals surface area contributed by atoms with Gasteiger partial charge in [0.1, 0.15) is 5.84 Å². The third-order valence-corrected chi connectivity index (χ3v) is 6.56. The SMILES string of the molecule is CCCCC1=Nc2ccccc2CN1C1CCN(CC(O)COCc2ccccc2)CC1. The summed E-state index contributed by atoms with van der Waals surface area (Å²) in [6.07, 6.45) is 5.22. The molecule has 0 aromatic heterocycles. The maximum Gasteiger partial charge on any atom is 0.105 e. The molecule has 1 fully saturated rings. The van der Waals surface area contributed by atoms with Crippen LogP contribution in [0.4, 0.5) is 5.69 Å². The molecule has 5 nitrogen and oxygen atoms in total. The van der Waals surface area contributed by atoms with Crippen LogP contribution in [-0.2, 0) is 17.9 Å². The largest absolute Gasteiger partial charge is 0.389 e. The number of amidine groups is 1. The number of β-amino-alcohol motifs (C(OH)–C–C–N with tert-alkyl or cyclic N) is 1. The summed E-state index contributed by atoms with van der Waals surface area (Å²) in [5.41, 5.74) is 3.62. The third-order valence-electron chi connectivity index (χ3n) is 6.56. The summed E-state index contributed by atoms with van der Waals surface area (Å²) >= 11 is 0. The van der Waals surface area contributed by atoms with Crippen molar-refractivity contribution < 1.29 is 9.84 Å². The minimum absolute atomic E-state index is 0.381. The smallest absolute Gasteiger partial charge is 0.105 e. The quantitative estimate of drug-likeness (QED) is 0.584. The fourth-order valence-corrected chi connectivity index (χ4v) is 4.76. The van der Waals surface area contributed by atoms with Crippen molar-refractivity contribution in [1.82, 2.24) is 9.80 Å². The fourth-order valence-electron chi connectivity index (χ4n) is 4.76. The van der Waals surface area contributed by atoms with E-state index in [-0.39, 0.29) is 0 Å². The lowest BCUT2D eigenvalue weighted by Gasteiger charge is -2.42. The van der Waals surface area contributed by atoms with Crippen LogP contribution in [0.15, 0.2) is 59.6 Å². The van der Waals surface area contributed by atoms with Gasteiger partial charge in [-0.1, -0.05) is 61.9 Å². The maximum atomic E-state index is 10.4. The van der Waals surface area contributed by atoms with E-state index in [0.29, 0.717) is 25.8 Å². The predicted molar refractivity (Wildman–Crippen MR) is 130 cm³/mol. The van der Waals surface area contributed by atoms with Crippen molar-refractivity contribution in [2.24, 2.45) is 4.99 Å². The standard InChI is InChI=1S/C27H37N3O2/c1-2-3-13-27-28-26-12-8-7-11-23(26)18-30(27)24-14-16-29(17-15-24)19-25(31)21-32-20-22-9-5-4-6-10-22/h4-12,24-25,31H,2-3,13-21H2,1H3. The van der Waals surface area contributed by atoms with Crippen molar-refractivity contribution in [2.75, 3.05) is 26.2 Å². The first kappa shape index (κ1) is 23.0. The van der Waals surface area contributed by atoms with Crippen molar-refractivity contribution in [3.8, 4) is 0 Å². The van der Waals surface area contributed by atoms with E-state index in [1.54, 1.807) is 0 Å². The highest BCUT2D eigenvalue weighted by atomic mass is 16.5. The number of rotatable bonds is 10. The fraction of sp³-hybridized carbons (Fsp3) is 0.519. The summed E-state index contributed by atoms with van der Waals surface area (Å²) in [7, 11) is 0. The van der Waals surface area contributed by atoms with Gasteiger partial charge in [0.15, 0.2) is 0 Å². The molecule has 172 valence electrons. The molecule has 1 saturated heterocycles. The van der Waals surface area contributed by atoms with Gasteiger partial charge >= 0.3 is 0 Å². The molecule has 0 spiro atoms. The van der Waals surface area contributed by atoms with Gasteiger partial charge in [-0.2, -0.15) is 0 Å². The highest BCUT2D eigenvalue weighted by Crippen LogP contribution is 2.31. The highest BCUT2D eigenvalue weighted by molar-refractivity contribution is 5.87. The molecule has 2 aliphatic heterocycles. The van der Waals surface area contributed by atoms with Crippen LogP contribution in [0.25, 0.3) is 0 Å². The van der Waals surface area contributed by atoms with E-state index in [1.165, 1.54) is 24.2 Å². The average molecular weight is 436 g/mol. The molecule has 2 aromatic carbocycles. The molecular weight excluding hydrogens is 398 g/mol. The molecule has 2 aliphatic rings. The van der Waals surface area contributed by atoms with E-state index >= 15 is 0 Å². The average Bonchev–Trinajstić information content (AvgIpc) is 2.83. The Bertz CT molecular complexity index is 862. The lowest BCUT2D eigenvalue weighted by atomic mass is 9.99. The zero-order chi connectivity index (χ0) is 22.2. The molecular formula is C27H37N3O2. The van der Waals surface area contributed by atoms with Gasteiger partial charge in [-0.3, -0.25) is 0 Å². The van der Waals surface area contributed by atoms with Crippen LogP contribution in [0, 0.1) is 0 Å². The zero-order valence-electron chi connectivity index (χ0n) is 19.3. The maximum absolute atomic E-state index is 10.4. The summed E-state index contributed by atoms with van der Waals surface area (Å²) < 4.78 is 5.72. The first-order valence-corrected chi connectivity index (χ1v) is 12.2. The van der Waals surface area contributed by atoms with Crippen molar-refractivity contribution in [1.29, 1.82) is 0 Å². The van der Waals surface area contributed by atoms with Crippen molar-refractivity contribution in [3.63, 3.8) is 0 Å². The first-order valence-electron chi connectivity index (χ1n) is 12.2. The molecule has 4 rings (SSSR count). The van der Waals surface area contributed by atoms with Gasteiger partial charge in [0.25, 0.3) is 0 Å². The van der Waals surface area contributed by atoms with Crippen molar-refractivity contribution >= 4 is 11.5 Å². The van der Waals surface area contributed by atoms with E-state index in [2.05, 4.69) is 41.0 Å². The molecule has 1 N–H and O–H groups in total. The lowest BCUT2D eigenvalue weighted by molar-refractivity contribution is 0.00342. The Balaban J connectivity index is 1.25. The number of aliphatic imine (C=N–C) groups is 1. The number of benzene rings is 2. The summed E-state index contributed by atoms with van der Waals surface area (Å²) in [6, 6.07) is 19.2. The van der Waals surface area contributed by atoms with Crippen LogP contribution >= 0.6 is 0 Å². The van der Waals surface area contributed by atoms with E-state index in [9.17, 15) is 5.11 Å². The van der Waals surface area contributed by atoms with Gasteiger partial charge in [-0.25, -0.2) is 4.99 Å². The third kappa shape index (κ3) is 6.18. The number of nitrogens with zero attached hydrogens (tertiary/aromatic N) is 3. The Labute approximate surface area is 192 Å². The first-order chi connectivity index (χ1) is 15.7. The van der Waals surface area contributed by atoms with Gasteiger partial charge in [0.05, 0.1) is 25.0 Å². The minimum atomic E-state index is -0.446. The van der Waals surface area contributed by atoms with E-state index in [0.717, 1.165) is 50.1 Å². The minimum Gasteiger partial charge on any atom is -0.389 e. The Kier molecular flexibility index (Phi) is 8.32. The lowest BCUT2D eigenvalue weighted by Crippen LogP contribution is -2.49. The number of fused-ring (bicyclic) bond motifs is 1. The van der Waals surface area contributed by atoms with E-state index < -0.39 is 6.10 Å². The molecule has 1 atom stereocenters. The van der Waals surface area contributed by atoms with Crippen LogP contribution in [-0.4, -0.2) is 59.1 Å². The number of hydrogen-bond acceptors (Lipinski definition) is 5. The van der Waals surface area contributed by atoms with Crippen molar-refractivity contribution in [2.45, 2.75) is 64.3 Å². The van der Waals surface area contributed by atoms with Gasteiger partial charge in [-0.05, 0) is 36.5 Å². The normalized spacial score (nSPS) is 18.3. The monoisotopic (exact) mass is 435 g/mol. The summed E-state index contributed by atoms with van der Waals surface area (Å²) in [4.78, 5) is 9.99. The number of para-hydroxylation sites is 1. The topological polar surface area (TPSA) is 48.3 Å². The molecule has 2 aromatic rings. The van der Waals surface area contributed by atoms with Gasteiger partial charge in [0, 0.05) is 38.6 Å². The molecule has 2 heterocycles. The van der Waals surface area contributed by atoms with Gasteiger partial charge in [-0.15, -0.1) is 0 Å². The number of hydrogen-bond donors (Lipinski definition) is 1. The molecule has 0 saturated carbocycles.